The molecule has 0 spiro atoms. The highest BCUT2D eigenvalue weighted by Crippen LogP contribution is 2.10. The lowest BCUT2D eigenvalue weighted by Gasteiger charge is -2.17. The molecule has 108 valence electrons. The summed E-state index contributed by atoms with van der Waals surface area (Å²) in [4.78, 5) is 6.35. The lowest BCUT2D eigenvalue weighted by Crippen LogP contribution is -2.21. The van der Waals surface area contributed by atoms with E-state index in [0.717, 1.165) is 25.1 Å². The van der Waals surface area contributed by atoms with Crippen LogP contribution in [0, 0.1) is 11.8 Å². The van der Waals surface area contributed by atoms with Crippen molar-refractivity contribution in [3.8, 4) is 11.8 Å². The van der Waals surface area contributed by atoms with Crippen LogP contribution in [0.1, 0.15) is 16.7 Å². The fraction of sp³-hybridized carbons (Fsp3) is 0.278. The van der Waals surface area contributed by atoms with Crippen LogP contribution in [-0.2, 0) is 13.0 Å². The first-order valence-electron chi connectivity index (χ1n) is 7.14. The fourth-order valence-corrected chi connectivity index (χ4v) is 2.17. The average Bonchev–Trinajstić information content (AvgIpc) is 2.53. The van der Waals surface area contributed by atoms with E-state index >= 15 is 0 Å². The van der Waals surface area contributed by atoms with E-state index in [2.05, 4.69) is 59.1 Å². The van der Waals surface area contributed by atoms with E-state index in [1.807, 2.05) is 18.5 Å². The van der Waals surface area contributed by atoms with Gasteiger partial charge in [0.25, 0.3) is 0 Å². The molecule has 2 N–H and O–H groups in total. The molecule has 2 aromatic rings. The monoisotopic (exact) mass is 279 g/mol. The van der Waals surface area contributed by atoms with Crippen molar-refractivity contribution in [2.45, 2.75) is 13.0 Å². The average molecular weight is 279 g/mol. The van der Waals surface area contributed by atoms with Crippen LogP contribution >= 0.6 is 0 Å². The van der Waals surface area contributed by atoms with Crippen molar-refractivity contribution in [2.24, 2.45) is 5.73 Å². The summed E-state index contributed by atoms with van der Waals surface area (Å²) in [7, 11) is 2.13. The summed E-state index contributed by atoms with van der Waals surface area (Å²) in [6, 6.07) is 12.4. The van der Waals surface area contributed by atoms with Crippen molar-refractivity contribution in [3.05, 3.63) is 65.5 Å². The zero-order valence-corrected chi connectivity index (χ0v) is 12.4. The molecule has 0 unspecified atom stereocenters. The normalized spacial score (nSPS) is 10.2. The van der Waals surface area contributed by atoms with Gasteiger partial charge in [0.05, 0.1) is 6.54 Å². The summed E-state index contributed by atoms with van der Waals surface area (Å²) < 4.78 is 0. The Kier molecular flexibility index (Phi) is 5.96. The maximum absolute atomic E-state index is 5.45. The largest absolute Gasteiger partial charge is 0.320 e. The molecule has 0 fully saturated rings. The van der Waals surface area contributed by atoms with Gasteiger partial charge >= 0.3 is 0 Å². The van der Waals surface area contributed by atoms with Crippen molar-refractivity contribution < 1.29 is 0 Å². The third kappa shape index (κ3) is 5.03. The van der Waals surface area contributed by atoms with E-state index in [1.54, 1.807) is 0 Å². The lowest BCUT2D eigenvalue weighted by atomic mass is 10.1. The predicted molar refractivity (Wildman–Crippen MR) is 86.6 cm³/mol. The number of nitrogens with two attached hydrogens (primary N) is 1. The lowest BCUT2D eigenvalue weighted by molar-refractivity contribution is 0.331. The molecule has 3 nitrogen and oxygen atoms in total. The smallest absolute Gasteiger partial charge is 0.0555 e. The van der Waals surface area contributed by atoms with Crippen molar-refractivity contribution in [3.63, 3.8) is 0 Å². The van der Waals surface area contributed by atoms with Gasteiger partial charge in [-0.2, -0.15) is 0 Å². The van der Waals surface area contributed by atoms with Gasteiger partial charge in [-0.3, -0.25) is 4.98 Å². The predicted octanol–water partition coefficient (Wildman–Crippen LogP) is 2.07. The summed E-state index contributed by atoms with van der Waals surface area (Å²) in [5.41, 5.74) is 9.08. The van der Waals surface area contributed by atoms with Gasteiger partial charge < -0.3 is 10.6 Å². The second-order valence-electron chi connectivity index (χ2n) is 5.01. The Balaban J connectivity index is 1.95. The molecule has 1 heterocycles. The number of rotatable bonds is 5. The Labute approximate surface area is 126 Å². The molecule has 0 radical (unpaired) electrons. The van der Waals surface area contributed by atoms with E-state index < -0.39 is 0 Å². The number of aromatic nitrogens is 1. The van der Waals surface area contributed by atoms with Crippen LogP contribution in [0.25, 0.3) is 0 Å². The van der Waals surface area contributed by atoms with Crippen molar-refractivity contribution >= 4 is 0 Å². The van der Waals surface area contributed by atoms with Crippen LogP contribution in [0.4, 0.5) is 0 Å². The zero-order valence-electron chi connectivity index (χ0n) is 12.4. The molecule has 0 saturated heterocycles. The topological polar surface area (TPSA) is 42.2 Å². The quantitative estimate of drug-likeness (QED) is 0.852. The maximum Gasteiger partial charge on any atom is 0.0555 e. The minimum Gasteiger partial charge on any atom is -0.320 e. The molecule has 0 aliphatic carbocycles. The first-order valence-corrected chi connectivity index (χ1v) is 7.14. The van der Waals surface area contributed by atoms with Gasteiger partial charge in [-0.25, -0.2) is 0 Å². The summed E-state index contributed by atoms with van der Waals surface area (Å²) >= 11 is 0. The number of hydrogen-bond acceptors (Lipinski definition) is 3. The first-order chi connectivity index (χ1) is 10.3. The molecule has 21 heavy (non-hydrogen) atoms. The van der Waals surface area contributed by atoms with E-state index in [9.17, 15) is 0 Å². The molecular formula is C18H21N3. The van der Waals surface area contributed by atoms with Gasteiger partial charge in [0, 0.05) is 31.0 Å². The second kappa shape index (κ2) is 8.21. The maximum atomic E-state index is 5.45. The zero-order chi connectivity index (χ0) is 14.9. The first kappa shape index (κ1) is 15.2. The van der Waals surface area contributed by atoms with E-state index in [4.69, 9.17) is 5.73 Å². The van der Waals surface area contributed by atoms with Gasteiger partial charge in [-0.15, -0.1) is 0 Å². The highest BCUT2D eigenvalue weighted by molar-refractivity contribution is 5.41. The van der Waals surface area contributed by atoms with Gasteiger partial charge in [0.1, 0.15) is 0 Å². The Morgan fingerprint density at radius 2 is 1.90 bits per heavy atom. The summed E-state index contributed by atoms with van der Waals surface area (Å²) in [5.74, 6) is 6.07. The van der Waals surface area contributed by atoms with Crippen molar-refractivity contribution in [1.82, 2.24) is 9.88 Å². The number of pyridine rings is 1. The Hall–Kier alpha value is -2.15. The molecule has 1 aromatic carbocycles. The highest BCUT2D eigenvalue weighted by atomic mass is 15.1. The molecule has 0 atom stereocenters. The molecule has 3 heteroatoms. The van der Waals surface area contributed by atoms with Crippen LogP contribution in [0.15, 0.2) is 48.8 Å². The second-order valence-corrected chi connectivity index (χ2v) is 5.01. The molecular weight excluding hydrogens is 258 g/mol. The third-order valence-corrected chi connectivity index (χ3v) is 3.31. The van der Waals surface area contributed by atoms with Crippen LogP contribution in [0.5, 0.6) is 0 Å². The van der Waals surface area contributed by atoms with Gasteiger partial charge in [0.2, 0.25) is 0 Å². The van der Waals surface area contributed by atoms with Gasteiger partial charge in [-0.05, 0) is 42.8 Å². The number of likely N-dealkylation sites (N-methyl/N-ethyl adjacent to an activating group) is 1. The van der Waals surface area contributed by atoms with Crippen LogP contribution in [0.2, 0.25) is 0 Å². The summed E-state index contributed by atoms with van der Waals surface area (Å²) in [5, 5.41) is 0. The minimum atomic E-state index is 0.395. The highest BCUT2D eigenvalue weighted by Gasteiger charge is 2.04. The Morgan fingerprint density at radius 1 is 1.14 bits per heavy atom. The fourth-order valence-electron chi connectivity index (χ4n) is 2.17. The number of benzene rings is 1. The summed E-state index contributed by atoms with van der Waals surface area (Å²) in [6.45, 7) is 2.29. The number of nitrogens with zero attached hydrogens (tertiary/aromatic N) is 2. The van der Waals surface area contributed by atoms with E-state index in [-0.39, 0.29) is 0 Å². The molecule has 0 aliphatic rings. The molecule has 0 amide bonds. The van der Waals surface area contributed by atoms with Crippen LogP contribution in [-0.4, -0.2) is 30.0 Å². The third-order valence-electron chi connectivity index (χ3n) is 3.31. The Morgan fingerprint density at radius 3 is 2.67 bits per heavy atom. The van der Waals surface area contributed by atoms with Crippen molar-refractivity contribution in [2.75, 3.05) is 20.1 Å². The molecule has 0 bridgehead atoms. The Bertz CT molecular complexity index is 611. The van der Waals surface area contributed by atoms with E-state index in [1.165, 1.54) is 11.1 Å². The van der Waals surface area contributed by atoms with Crippen molar-refractivity contribution in [1.29, 1.82) is 0 Å². The number of hydrogen-bond donors (Lipinski definition) is 1. The molecule has 0 aliphatic heterocycles. The van der Waals surface area contributed by atoms with Gasteiger partial charge in [-0.1, -0.05) is 30.0 Å². The van der Waals surface area contributed by atoms with Gasteiger partial charge in [0.15, 0.2) is 0 Å². The molecule has 1 aromatic heterocycles. The molecule has 2 rings (SSSR count). The van der Waals surface area contributed by atoms with Crippen LogP contribution < -0.4 is 5.73 Å². The van der Waals surface area contributed by atoms with Crippen LogP contribution in [0.3, 0.4) is 0 Å². The standard InChI is InChI=1S/C18H21N3/c1-21(14-10-16-8-12-20-13-9-16)15-18-6-3-2-5-17(18)7-4-11-19/h2-3,5-6,8-9,12-13H,10-11,14-15,19H2,1H3. The molecule has 0 saturated carbocycles. The minimum absolute atomic E-state index is 0.395. The van der Waals surface area contributed by atoms with E-state index in [0.29, 0.717) is 6.54 Å². The SMILES string of the molecule is CN(CCc1ccncc1)Cc1ccccc1C#CCN. The summed E-state index contributed by atoms with van der Waals surface area (Å²) in [6.07, 6.45) is 4.70.